The molecule has 0 aliphatic heterocycles. The quantitative estimate of drug-likeness (QED) is 0.687. The number of carbonyl (C=O) groups is 1. The summed E-state index contributed by atoms with van der Waals surface area (Å²) in [5, 5.41) is 16.3. The third kappa shape index (κ3) is 4.33. The molecule has 0 fully saturated rings. The summed E-state index contributed by atoms with van der Waals surface area (Å²) in [6.45, 7) is 6.65. The van der Waals surface area contributed by atoms with Crippen LogP contribution in [-0.4, -0.2) is 51.9 Å². The summed E-state index contributed by atoms with van der Waals surface area (Å²) < 4.78 is 1.61. The number of aromatic nitrogens is 2. The molecule has 0 aliphatic rings. The molecule has 0 amide bonds. The molecule has 0 radical (unpaired) electrons. The van der Waals surface area contributed by atoms with Crippen LogP contribution in [0.1, 0.15) is 36.3 Å². The summed E-state index contributed by atoms with van der Waals surface area (Å²) in [5.74, 6) is -0.929. The second-order valence-electron chi connectivity index (χ2n) is 4.85. The van der Waals surface area contributed by atoms with Crippen LogP contribution in [0.15, 0.2) is 6.20 Å². The van der Waals surface area contributed by atoms with Crippen molar-refractivity contribution in [2.24, 2.45) is 7.05 Å². The van der Waals surface area contributed by atoms with E-state index in [4.69, 9.17) is 5.11 Å². The number of likely N-dealkylation sites (N-methyl/N-ethyl adjacent to an activating group) is 1. The van der Waals surface area contributed by atoms with E-state index >= 15 is 0 Å². The van der Waals surface area contributed by atoms with Gasteiger partial charge in [-0.15, -0.1) is 0 Å². The Morgan fingerprint density at radius 3 is 2.89 bits per heavy atom. The van der Waals surface area contributed by atoms with Gasteiger partial charge in [-0.3, -0.25) is 4.68 Å². The zero-order valence-electron chi connectivity index (χ0n) is 12.2. The van der Waals surface area contributed by atoms with Crippen LogP contribution in [0.25, 0.3) is 0 Å². The number of carboxylic acids is 1. The van der Waals surface area contributed by atoms with Crippen LogP contribution in [0.3, 0.4) is 0 Å². The van der Waals surface area contributed by atoms with Gasteiger partial charge in [0.15, 0.2) is 0 Å². The third-order valence-electron chi connectivity index (χ3n) is 3.57. The van der Waals surface area contributed by atoms with Crippen LogP contribution in [0.4, 0.5) is 0 Å². The molecule has 0 aromatic carbocycles. The minimum atomic E-state index is -0.929. The summed E-state index contributed by atoms with van der Waals surface area (Å²) in [7, 11) is 3.86. The number of hydrogen-bond donors (Lipinski definition) is 2. The average Bonchev–Trinajstić information content (AvgIpc) is 2.75. The highest BCUT2D eigenvalue weighted by atomic mass is 16.4. The van der Waals surface area contributed by atoms with Gasteiger partial charge in [0, 0.05) is 32.7 Å². The fraction of sp³-hybridized carbons (Fsp3) is 0.692. The summed E-state index contributed by atoms with van der Waals surface area (Å²) in [6, 6.07) is 0.563. The van der Waals surface area contributed by atoms with Gasteiger partial charge in [-0.2, -0.15) is 5.10 Å². The van der Waals surface area contributed by atoms with E-state index in [0.717, 1.165) is 19.5 Å². The number of rotatable bonds is 8. The Hall–Kier alpha value is -1.40. The molecule has 1 aromatic rings. The predicted molar refractivity (Wildman–Crippen MR) is 74.3 cm³/mol. The van der Waals surface area contributed by atoms with E-state index in [1.54, 1.807) is 11.7 Å². The van der Waals surface area contributed by atoms with Crippen molar-refractivity contribution < 1.29 is 9.90 Å². The van der Waals surface area contributed by atoms with Gasteiger partial charge >= 0.3 is 5.97 Å². The van der Waals surface area contributed by atoms with Crippen LogP contribution in [0.2, 0.25) is 0 Å². The molecule has 1 heterocycles. The minimum Gasteiger partial charge on any atom is -0.478 e. The van der Waals surface area contributed by atoms with Crippen molar-refractivity contribution in [3.63, 3.8) is 0 Å². The highest BCUT2D eigenvalue weighted by molar-refractivity contribution is 5.88. The van der Waals surface area contributed by atoms with Gasteiger partial charge in [-0.05, 0) is 20.4 Å². The van der Waals surface area contributed by atoms with E-state index in [2.05, 4.69) is 36.2 Å². The van der Waals surface area contributed by atoms with Crippen molar-refractivity contribution >= 4 is 5.97 Å². The van der Waals surface area contributed by atoms with E-state index < -0.39 is 5.97 Å². The fourth-order valence-corrected chi connectivity index (χ4v) is 1.85. The lowest BCUT2D eigenvalue weighted by molar-refractivity contribution is 0.0695. The summed E-state index contributed by atoms with van der Waals surface area (Å²) >= 11 is 0. The van der Waals surface area contributed by atoms with Crippen molar-refractivity contribution in [1.29, 1.82) is 0 Å². The highest BCUT2D eigenvalue weighted by Crippen LogP contribution is 2.07. The molecule has 0 spiro atoms. The molecule has 0 saturated heterocycles. The zero-order valence-corrected chi connectivity index (χ0v) is 12.2. The lowest BCUT2D eigenvalue weighted by Gasteiger charge is -2.23. The molecule has 0 saturated carbocycles. The van der Waals surface area contributed by atoms with Crippen molar-refractivity contribution in [1.82, 2.24) is 20.0 Å². The van der Waals surface area contributed by atoms with E-state index in [1.807, 2.05) is 0 Å². The monoisotopic (exact) mass is 268 g/mol. The molecule has 1 rings (SSSR count). The first-order valence-corrected chi connectivity index (χ1v) is 6.62. The second-order valence-corrected chi connectivity index (χ2v) is 4.85. The van der Waals surface area contributed by atoms with Gasteiger partial charge in [0.1, 0.15) is 5.56 Å². The van der Waals surface area contributed by atoms with Gasteiger partial charge < -0.3 is 15.3 Å². The Morgan fingerprint density at radius 1 is 1.63 bits per heavy atom. The Labute approximate surface area is 114 Å². The number of aromatic carboxylic acids is 1. The lowest BCUT2D eigenvalue weighted by atomic mass is 10.2. The molecule has 2 N–H and O–H groups in total. The smallest absolute Gasteiger partial charge is 0.339 e. The number of hydrogen-bond acceptors (Lipinski definition) is 4. The van der Waals surface area contributed by atoms with Crippen LogP contribution >= 0.6 is 0 Å². The first kappa shape index (κ1) is 15.7. The number of aryl methyl sites for hydroxylation is 1. The fourth-order valence-electron chi connectivity index (χ4n) is 1.85. The predicted octanol–water partition coefficient (Wildman–Crippen LogP) is 0.938. The lowest BCUT2D eigenvalue weighted by Crippen LogP contribution is -2.35. The number of nitrogens with zero attached hydrogens (tertiary/aromatic N) is 3. The Balaban J connectivity index is 2.42. The summed E-state index contributed by atoms with van der Waals surface area (Å²) in [6.07, 6.45) is 2.52. The van der Waals surface area contributed by atoms with Gasteiger partial charge in [0.25, 0.3) is 0 Å². The molecule has 1 aromatic heterocycles. The summed E-state index contributed by atoms with van der Waals surface area (Å²) in [5.41, 5.74) is 0.976. The van der Waals surface area contributed by atoms with E-state index in [1.165, 1.54) is 6.20 Å². The largest absolute Gasteiger partial charge is 0.478 e. The van der Waals surface area contributed by atoms with Gasteiger partial charge in [-0.1, -0.05) is 6.92 Å². The Bertz CT molecular complexity index is 417. The standard InChI is InChI=1S/C13H24N4O2/c1-5-10(2)16(3)7-6-14-9-12-11(13(18)19)8-15-17(12)4/h8,10,14H,5-7,9H2,1-4H3,(H,18,19). The molecular weight excluding hydrogens is 244 g/mol. The molecular formula is C13H24N4O2. The van der Waals surface area contributed by atoms with Gasteiger partial charge in [0.2, 0.25) is 0 Å². The van der Waals surface area contributed by atoms with Gasteiger partial charge in [-0.25, -0.2) is 4.79 Å². The van der Waals surface area contributed by atoms with Crippen LogP contribution < -0.4 is 5.32 Å². The van der Waals surface area contributed by atoms with Crippen molar-refractivity contribution in [2.45, 2.75) is 32.9 Å². The maximum Gasteiger partial charge on any atom is 0.339 e. The maximum absolute atomic E-state index is 11.0. The minimum absolute atomic E-state index is 0.269. The third-order valence-corrected chi connectivity index (χ3v) is 3.57. The average molecular weight is 268 g/mol. The molecule has 0 bridgehead atoms. The highest BCUT2D eigenvalue weighted by Gasteiger charge is 2.14. The number of nitrogens with one attached hydrogen (secondary N) is 1. The van der Waals surface area contributed by atoms with Gasteiger partial charge in [0.05, 0.1) is 11.9 Å². The zero-order chi connectivity index (χ0) is 14.4. The molecule has 6 heteroatoms. The molecule has 0 aliphatic carbocycles. The van der Waals surface area contributed by atoms with Crippen molar-refractivity contribution in [2.75, 3.05) is 20.1 Å². The normalized spacial score (nSPS) is 12.9. The SMILES string of the molecule is CCC(C)N(C)CCNCc1c(C(=O)O)cnn1C. The van der Waals surface area contributed by atoms with E-state index in [-0.39, 0.29) is 5.56 Å². The van der Waals surface area contributed by atoms with Crippen LogP contribution in [0, 0.1) is 0 Å². The van der Waals surface area contributed by atoms with Crippen LogP contribution in [0.5, 0.6) is 0 Å². The first-order valence-electron chi connectivity index (χ1n) is 6.62. The second kappa shape index (κ2) is 7.25. The Kier molecular flexibility index (Phi) is 5.98. The maximum atomic E-state index is 11.0. The molecule has 6 nitrogen and oxygen atoms in total. The van der Waals surface area contributed by atoms with E-state index in [9.17, 15) is 4.79 Å². The van der Waals surface area contributed by atoms with Crippen LogP contribution in [-0.2, 0) is 13.6 Å². The summed E-state index contributed by atoms with van der Waals surface area (Å²) in [4.78, 5) is 13.3. The van der Waals surface area contributed by atoms with Crippen molar-refractivity contribution in [3.05, 3.63) is 17.5 Å². The Morgan fingerprint density at radius 2 is 2.32 bits per heavy atom. The topological polar surface area (TPSA) is 70.4 Å². The molecule has 1 unspecified atom stereocenters. The van der Waals surface area contributed by atoms with Crippen molar-refractivity contribution in [3.8, 4) is 0 Å². The van der Waals surface area contributed by atoms with E-state index in [0.29, 0.717) is 18.3 Å². The number of carboxylic acid groups (broad SMARTS) is 1. The molecule has 19 heavy (non-hydrogen) atoms. The molecule has 108 valence electrons. The molecule has 1 atom stereocenters. The first-order chi connectivity index (χ1) is 8.97.